The summed E-state index contributed by atoms with van der Waals surface area (Å²) in [6.07, 6.45) is 0.640. The van der Waals surface area contributed by atoms with Gasteiger partial charge in [-0.25, -0.2) is 4.39 Å². The maximum atomic E-state index is 13.4. The summed E-state index contributed by atoms with van der Waals surface area (Å²) in [5.41, 5.74) is 0.739. The molecule has 2 aliphatic heterocycles. The molecule has 2 aromatic rings. The number of hydrogen-bond acceptors (Lipinski definition) is 5. The number of rotatable bonds is 6. The van der Waals surface area contributed by atoms with Crippen LogP contribution < -0.4 is 0 Å². The number of Topliss-reactive ketones (excluding diaryl/α,β-unsaturated/α-hetero) is 1. The predicted octanol–water partition coefficient (Wildman–Crippen LogP) is 4.28. The van der Waals surface area contributed by atoms with Gasteiger partial charge in [-0.05, 0) is 48.4 Å². The highest BCUT2D eigenvalue weighted by Gasteiger charge is 2.46. The molecule has 0 aromatic heterocycles. The quantitative estimate of drug-likeness (QED) is 0.370. The lowest BCUT2D eigenvalue weighted by Crippen LogP contribution is -2.38. The van der Waals surface area contributed by atoms with Crippen LogP contribution in [0.1, 0.15) is 23.6 Å². The maximum absolute atomic E-state index is 13.4. The molecular formula is C24H23Cl2FN2O4. The zero-order valence-corrected chi connectivity index (χ0v) is 19.3. The van der Waals surface area contributed by atoms with E-state index in [9.17, 15) is 19.1 Å². The molecule has 0 radical (unpaired) electrons. The molecule has 1 atom stereocenters. The Morgan fingerprint density at radius 3 is 2.39 bits per heavy atom. The Morgan fingerprint density at radius 1 is 1.03 bits per heavy atom. The van der Waals surface area contributed by atoms with E-state index in [4.69, 9.17) is 27.9 Å². The van der Waals surface area contributed by atoms with Crippen LogP contribution in [0.5, 0.6) is 0 Å². The van der Waals surface area contributed by atoms with Crippen molar-refractivity contribution in [1.82, 2.24) is 9.80 Å². The van der Waals surface area contributed by atoms with Crippen molar-refractivity contribution < 1.29 is 23.8 Å². The molecule has 2 aliphatic rings. The third-order valence-electron chi connectivity index (χ3n) is 5.89. The lowest BCUT2D eigenvalue weighted by Gasteiger charge is -2.29. The van der Waals surface area contributed by atoms with Crippen molar-refractivity contribution in [3.8, 4) is 0 Å². The number of halogens is 3. The first-order valence-corrected chi connectivity index (χ1v) is 11.4. The van der Waals surface area contributed by atoms with Crippen molar-refractivity contribution >= 4 is 40.7 Å². The number of aliphatic hydroxyl groups excluding tert-OH is 1. The molecule has 1 N–H and O–H groups in total. The van der Waals surface area contributed by atoms with E-state index in [1.54, 1.807) is 18.2 Å². The van der Waals surface area contributed by atoms with Crippen LogP contribution in [0, 0.1) is 5.82 Å². The fourth-order valence-corrected chi connectivity index (χ4v) is 4.50. The Labute approximate surface area is 201 Å². The maximum Gasteiger partial charge on any atom is 0.295 e. The van der Waals surface area contributed by atoms with E-state index in [-0.39, 0.29) is 21.9 Å². The Bertz CT molecular complexity index is 1080. The van der Waals surface area contributed by atoms with Crippen LogP contribution in [0.2, 0.25) is 10.0 Å². The predicted molar refractivity (Wildman–Crippen MR) is 124 cm³/mol. The Balaban J connectivity index is 1.69. The molecule has 1 amide bonds. The first-order valence-electron chi connectivity index (χ1n) is 10.7. The van der Waals surface area contributed by atoms with E-state index in [1.165, 1.54) is 29.2 Å². The van der Waals surface area contributed by atoms with Gasteiger partial charge in [-0.15, -0.1) is 0 Å². The normalized spacial score (nSPS) is 21.1. The molecule has 0 saturated carbocycles. The molecular weight excluding hydrogens is 470 g/mol. The summed E-state index contributed by atoms with van der Waals surface area (Å²) in [4.78, 5) is 29.7. The topological polar surface area (TPSA) is 70.1 Å². The van der Waals surface area contributed by atoms with Gasteiger partial charge in [0.15, 0.2) is 0 Å². The minimum Gasteiger partial charge on any atom is -0.507 e. The van der Waals surface area contributed by atoms with Crippen molar-refractivity contribution in [1.29, 1.82) is 0 Å². The third kappa shape index (κ3) is 5.06. The molecule has 0 bridgehead atoms. The number of ketones is 1. The number of morpholine rings is 1. The van der Waals surface area contributed by atoms with Crippen LogP contribution in [0.25, 0.3) is 5.76 Å². The van der Waals surface area contributed by atoms with E-state index < -0.39 is 23.5 Å². The SMILES string of the molecule is O=C1C(=O)N(CCCN2CCOCC2)C(c2ccc(Cl)c(Cl)c2)/C1=C(/O)c1ccc(F)cc1. The number of aliphatic hydroxyl groups is 1. The van der Waals surface area contributed by atoms with Gasteiger partial charge in [0.1, 0.15) is 11.6 Å². The summed E-state index contributed by atoms with van der Waals surface area (Å²) >= 11 is 12.3. The minimum atomic E-state index is -0.838. The van der Waals surface area contributed by atoms with Crippen molar-refractivity contribution in [2.45, 2.75) is 12.5 Å². The van der Waals surface area contributed by atoms with Crippen LogP contribution in [0.15, 0.2) is 48.0 Å². The molecule has 2 aromatic carbocycles. The number of amides is 1. The number of benzene rings is 2. The molecule has 4 rings (SSSR count). The van der Waals surface area contributed by atoms with Gasteiger partial charge in [-0.1, -0.05) is 29.3 Å². The molecule has 1 unspecified atom stereocenters. The largest absolute Gasteiger partial charge is 0.507 e. The Kier molecular flexibility index (Phi) is 7.34. The highest BCUT2D eigenvalue weighted by atomic mass is 35.5. The molecule has 2 saturated heterocycles. The van der Waals surface area contributed by atoms with Crippen molar-refractivity contribution in [2.75, 3.05) is 39.4 Å². The summed E-state index contributed by atoms with van der Waals surface area (Å²) in [5, 5.41) is 11.6. The minimum absolute atomic E-state index is 0.0589. The molecule has 0 aliphatic carbocycles. The van der Waals surface area contributed by atoms with Crippen LogP contribution in [0.3, 0.4) is 0 Å². The highest BCUT2D eigenvalue weighted by Crippen LogP contribution is 2.41. The number of carbonyl (C=O) groups is 2. The van der Waals surface area contributed by atoms with Crippen LogP contribution in [0.4, 0.5) is 4.39 Å². The average Bonchev–Trinajstić information content (AvgIpc) is 3.06. The lowest BCUT2D eigenvalue weighted by molar-refractivity contribution is -0.140. The van der Waals surface area contributed by atoms with Gasteiger partial charge in [0.2, 0.25) is 0 Å². The number of hydrogen-bond donors (Lipinski definition) is 1. The summed E-state index contributed by atoms with van der Waals surface area (Å²) in [7, 11) is 0. The van der Waals surface area contributed by atoms with Gasteiger partial charge < -0.3 is 14.7 Å². The second-order valence-corrected chi connectivity index (χ2v) is 8.79. The van der Waals surface area contributed by atoms with E-state index in [0.717, 1.165) is 19.6 Å². The molecule has 0 spiro atoms. The zero-order chi connectivity index (χ0) is 23.5. The van der Waals surface area contributed by atoms with Crippen LogP contribution >= 0.6 is 23.2 Å². The summed E-state index contributed by atoms with van der Waals surface area (Å²) in [5.74, 6) is -2.33. The molecule has 6 nitrogen and oxygen atoms in total. The van der Waals surface area contributed by atoms with E-state index in [1.807, 2.05) is 0 Å². The van der Waals surface area contributed by atoms with Crippen LogP contribution in [-0.4, -0.2) is 66.0 Å². The van der Waals surface area contributed by atoms with E-state index in [0.29, 0.717) is 36.8 Å². The first-order chi connectivity index (χ1) is 15.9. The van der Waals surface area contributed by atoms with Gasteiger partial charge in [0, 0.05) is 31.7 Å². The second-order valence-electron chi connectivity index (χ2n) is 7.98. The van der Waals surface area contributed by atoms with Crippen molar-refractivity contribution in [3.05, 3.63) is 75.0 Å². The van der Waals surface area contributed by atoms with Gasteiger partial charge in [0.25, 0.3) is 11.7 Å². The van der Waals surface area contributed by atoms with Gasteiger partial charge in [0.05, 0.1) is 34.9 Å². The fraction of sp³-hybridized carbons (Fsp3) is 0.333. The second kappa shape index (κ2) is 10.2. The third-order valence-corrected chi connectivity index (χ3v) is 6.63. The monoisotopic (exact) mass is 492 g/mol. The molecule has 2 fully saturated rings. The van der Waals surface area contributed by atoms with Gasteiger partial charge >= 0.3 is 0 Å². The van der Waals surface area contributed by atoms with Crippen LogP contribution in [-0.2, 0) is 14.3 Å². The molecule has 33 heavy (non-hydrogen) atoms. The van der Waals surface area contributed by atoms with Gasteiger partial charge in [-0.3, -0.25) is 14.5 Å². The molecule has 174 valence electrons. The Morgan fingerprint density at radius 2 is 1.73 bits per heavy atom. The average molecular weight is 493 g/mol. The summed E-state index contributed by atoms with van der Waals surface area (Å²) in [6, 6.07) is 9.11. The standard InChI is InChI=1S/C24H23Cl2FN2O4/c25-18-7-4-16(14-19(18)26)21-20(22(30)15-2-5-17(27)6-3-15)23(31)24(32)29(21)9-1-8-28-10-12-33-13-11-28/h2-7,14,21,30H,1,8-13H2/b22-20-. The highest BCUT2D eigenvalue weighted by molar-refractivity contribution is 6.46. The smallest absolute Gasteiger partial charge is 0.295 e. The summed E-state index contributed by atoms with van der Waals surface area (Å²) in [6.45, 7) is 4.04. The number of ether oxygens (including phenoxy) is 1. The van der Waals surface area contributed by atoms with Crippen molar-refractivity contribution in [2.24, 2.45) is 0 Å². The number of nitrogens with zero attached hydrogens (tertiary/aromatic N) is 2. The number of likely N-dealkylation sites (tertiary alicyclic amines) is 1. The summed E-state index contributed by atoms with van der Waals surface area (Å²) < 4.78 is 18.7. The first kappa shape index (κ1) is 23.7. The zero-order valence-electron chi connectivity index (χ0n) is 17.8. The number of carbonyl (C=O) groups excluding carboxylic acids is 2. The van der Waals surface area contributed by atoms with Crippen molar-refractivity contribution in [3.63, 3.8) is 0 Å². The molecule has 9 heteroatoms. The van der Waals surface area contributed by atoms with E-state index >= 15 is 0 Å². The molecule has 2 heterocycles. The van der Waals surface area contributed by atoms with E-state index in [2.05, 4.69) is 4.90 Å². The van der Waals surface area contributed by atoms with Gasteiger partial charge in [-0.2, -0.15) is 0 Å². The Hall–Kier alpha value is -2.45. The fourth-order valence-electron chi connectivity index (χ4n) is 4.19. The lowest BCUT2D eigenvalue weighted by atomic mass is 9.95.